The molecular formula is C9H17N3O4. The zero-order valence-corrected chi connectivity index (χ0v) is 8.98. The van der Waals surface area contributed by atoms with E-state index in [9.17, 15) is 9.59 Å². The average Bonchev–Trinajstić information content (AvgIpc) is 2.27. The van der Waals surface area contributed by atoms with Gasteiger partial charge in [0.1, 0.15) is 6.04 Å². The van der Waals surface area contributed by atoms with E-state index in [2.05, 4.69) is 10.6 Å². The Bertz CT molecular complexity index is 253. The van der Waals surface area contributed by atoms with Crippen molar-refractivity contribution in [1.29, 1.82) is 0 Å². The number of hydrogen-bond acceptors (Lipinski definition) is 5. The summed E-state index contributed by atoms with van der Waals surface area (Å²) in [5, 5.41) is 22.8. The van der Waals surface area contributed by atoms with E-state index in [0.29, 0.717) is 0 Å². The van der Waals surface area contributed by atoms with E-state index in [1.807, 2.05) is 4.90 Å². The maximum Gasteiger partial charge on any atom is 0.328 e. The molecule has 1 amide bonds. The van der Waals surface area contributed by atoms with Crippen molar-refractivity contribution < 1.29 is 19.8 Å². The molecule has 1 fully saturated rings. The van der Waals surface area contributed by atoms with Crippen LogP contribution >= 0.6 is 0 Å². The van der Waals surface area contributed by atoms with Crippen LogP contribution in [0.4, 0.5) is 0 Å². The van der Waals surface area contributed by atoms with Gasteiger partial charge >= 0.3 is 5.97 Å². The first-order valence-corrected chi connectivity index (χ1v) is 5.19. The van der Waals surface area contributed by atoms with E-state index in [4.69, 9.17) is 10.2 Å². The van der Waals surface area contributed by atoms with Gasteiger partial charge in [-0.2, -0.15) is 0 Å². The Balaban J connectivity index is 2.31. The Morgan fingerprint density at radius 1 is 1.38 bits per heavy atom. The summed E-state index contributed by atoms with van der Waals surface area (Å²) in [6.45, 7) is 2.77. The van der Waals surface area contributed by atoms with Gasteiger partial charge in [0.2, 0.25) is 5.91 Å². The van der Waals surface area contributed by atoms with E-state index >= 15 is 0 Å². The molecule has 92 valence electrons. The van der Waals surface area contributed by atoms with Gasteiger partial charge in [-0.25, -0.2) is 4.79 Å². The van der Waals surface area contributed by atoms with Gasteiger partial charge in [0.25, 0.3) is 0 Å². The van der Waals surface area contributed by atoms with Crippen molar-refractivity contribution in [2.45, 2.75) is 6.04 Å². The second kappa shape index (κ2) is 6.41. The zero-order valence-electron chi connectivity index (χ0n) is 8.98. The summed E-state index contributed by atoms with van der Waals surface area (Å²) in [5.74, 6) is -1.60. The van der Waals surface area contributed by atoms with Crippen LogP contribution in [0.1, 0.15) is 0 Å². The second-order valence-electron chi connectivity index (χ2n) is 3.67. The topological polar surface area (TPSA) is 102 Å². The molecule has 0 aromatic rings. The van der Waals surface area contributed by atoms with Crippen molar-refractivity contribution in [2.24, 2.45) is 0 Å². The van der Waals surface area contributed by atoms with Crippen molar-refractivity contribution in [3.8, 4) is 0 Å². The van der Waals surface area contributed by atoms with Crippen LogP contribution in [0.25, 0.3) is 0 Å². The van der Waals surface area contributed by atoms with Crippen molar-refractivity contribution in [3.05, 3.63) is 0 Å². The van der Waals surface area contributed by atoms with Crippen LogP contribution in [-0.4, -0.2) is 72.4 Å². The van der Waals surface area contributed by atoms with Gasteiger partial charge in [-0.05, 0) is 0 Å². The van der Waals surface area contributed by atoms with E-state index in [1.54, 1.807) is 0 Å². The Morgan fingerprint density at radius 3 is 2.50 bits per heavy atom. The molecular weight excluding hydrogens is 214 g/mol. The number of carboxylic acids is 1. The molecule has 1 saturated heterocycles. The Kier molecular flexibility index (Phi) is 5.17. The molecule has 4 N–H and O–H groups in total. The zero-order chi connectivity index (χ0) is 12.0. The highest BCUT2D eigenvalue weighted by Gasteiger charge is 2.20. The molecule has 1 atom stereocenters. The number of carbonyl (C=O) groups is 2. The number of rotatable bonds is 5. The summed E-state index contributed by atoms with van der Waals surface area (Å²) < 4.78 is 0. The van der Waals surface area contributed by atoms with Gasteiger partial charge in [0.05, 0.1) is 13.2 Å². The predicted octanol–water partition coefficient (Wildman–Crippen LogP) is -2.55. The number of aliphatic hydroxyl groups is 1. The van der Waals surface area contributed by atoms with Crippen LogP contribution in [0, 0.1) is 0 Å². The summed E-state index contributed by atoms with van der Waals surface area (Å²) in [5.41, 5.74) is 0. The minimum Gasteiger partial charge on any atom is -0.480 e. The van der Waals surface area contributed by atoms with Gasteiger partial charge in [-0.1, -0.05) is 0 Å². The molecule has 1 heterocycles. The summed E-state index contributed by atoms with van der Waals surface area (Å²) in [6, 6.07) is -1.21. The molecule has 1 aliphatic rings. The molecule has 0 aromatic heterocycles. The molecule has 0 saturated carbocycles. The molecule has 0 radical (unpaired) electrons. The van der Waals surface area contributed by atoms with Crippen molar-refractivity contribution in [1.82, 2.24) is 15.5 Å². The molecule has 1 aliphatic heterocycles. The quantitative estimate of drug-likeness (QED) is 0.415. The number of hydrogen-bond donors (Lipinski definition) is 4. The first-order valence-electron chi connectivity index (χ1n) is 5.19. The fraction of sp³-hybridized carbons (Fsp3) is 0.778. The van der Waals surface area contributed by atoms with E-state index < -0.39 is 18.6 Å². The highest BCUT2D eigenvalue weighted by Crippen LogP contribution is 1.92. The van der Waals surface area contributed by atoms with Crippen LogP contribution in [0.5, 0.6) is 0 Å². The number of nitrogens with zero attached hydrogens (tertiary/aromatic N) is 1. The van der Waals surface area contributed by atoms with E-state index in [-0.39, 0.29) is 12.5 Å². The number of nitrogens with one attached hydrogen (secondary N) is 2. The maximum absolute atomic E-state index is 11.4. The molecule has 16 heavy (non-hydrogen) atoms. The monoisotopic (exact) mass is 231 g/mol. The van der Waals surface area contributed by atoms with Gasteiger partial charge in [0, 0.05) is 26.2 Å². The maximum atomic E-state index is 11.4. The highest BCUT2D eigenvalue weighted by atomic mass is 16.4. The minimum atomic E-state index is -1.23. The van der Waals surface area contributed by atoms with E-state index in [1.165, 1.54) is 0 Å². The van der Waals surface area contributed by atoms with Crippen molar-refractivity contribution in [2.75, 3.05) is 39.3 Å². The molecule has 0 unspecified atom stereocenters. The molecule has 0 spiro atoms. The van der Waals surface area contributed by atoms with Gasteiger partial charge in [-0.15, -0.1) is 0 Å². The predicted molar refractivity (Wildman–Crippen MR) is 56.0 cm³/mol. The third kappa shape index (κ3) is 4.13. The lowest BCUT2D eigenvalue weighted by molar-refractivity contribution is -0.143. The second-order valence-corrected chi connectivity index (χ2v) is 3.67. The summed E-state index contributed by atoms with van der Waals surface area (Å²) in [6.07, 6.45) is 0. The highest BCUT2D eigenvalue weighted by molar-refractivity contribution is 5.84. The summed E-state index contributed by atoms with van der Waals surface area (Å²) in [7, 11) is 0. The van der Waals surface area contributed by atoms with Crippen LogP contribution in [0.3, 0.4) is 0 Å². The number of carbonyl (C=O) groups excluding carboxylic acids is 1. The van der Waals surface area contributed by atoms with Crippen molar-refractivity contribution in [3.63, 3.8) is 0 Å². The molecule has 7 nitrogen and oxygen atoms in total. The lowest BCUT2D eigenvalue weighted by Crippen LogP contribution is -2.51. The number of piperazine rings is 1. The first kappa shape index (κ1) is 12.9. The van der Waals surface area contributed by atoms with Crippen LogP contribution < -0.4 is 10.6 Å². The lowest BCUT2D eigenvalue weighted by atomic mass is 10.3. The average molecular weight is 231 g/mol. The van der Waals surface area contributed by atoms with Crippen molar-refractivity contribution >= 4 is 11.9 Å². The standard InChI is InChI=1S/C9H17N3O4/c13-6-7(9(15)16)11-8(14)5-12-3-1-10-2-4-12/h7,10,13H,1-6H2,(H,11,14)(H,15,16)/t7-/m1/s1. The summed E-state index contributed by atoms with van der Waals surface area (Å²) in [4.78, 5) is 23.9. The number of carboxylic acid groups (broad SMARTS) is 1. The number of aliphatic hydroxyl groups excluding tert-OH is 1. The van der Waals surface area contributed by atoms with Crippen LogP contribution in [0.15, 0.2) is 0 Å². The Labute approximate surface area is 93.4 Å². The summed E-state index contributed by atoms with van der Waals surface area (Å²) >= 11 is 0. The van der Waals surface area contributed by atoms with Crippen LogP contribution in [-0.2, 0) is 9.59 Å². The molecule has 1 rings (SSSR count). The van der Waals surface area contributed by atoms with Crippen LogP contribution in [0.2, 0.25) is 0 Å². The number of aliphatic carboxylic acids is 1. The van der Waals surface area contributed by atoms with Gasteiger partial charge in [-0.3, -0.25) is 9.69 Å². The fourth-order valence-electron chi connectivity index (χ4n) is 1.50. The first-order chi connectivity index (χ1) is 7.63. The minimum absolute atomic E-state index is 0.172. The SMILES string of the molecule is O=C(CN1CCNCC1)N[C@H](CO)C(=O)O. The number of amides is 1. The molecule has 0 aliphatic carbocycles. The lowest BCUT2D eigenvalue weighted by Gasteiger charge is -2.26. The van der Waals surface area contributed by atoms with Gasteiger partial charge in [0.15, 0.2) is 0 Å². The smallest absolute Gasteiger partial charge is 0.328 e. The Morgan fingerprint density at radius 2 is 2.00 bits per heavy atom. The molecule has 7 heteroatoms. The Hall–Kier alpha value is -1.18. The molecule has 0 aromatic carbocycles. The normalized spacial score (nSPS) is 19.1. The fourth-order valence-corrected chi connectivity index (χ4v) is 1.50. The third-order valence-corrected chi connectivity index (χ3v) is 2.39. The molecule has 0 bridgehead atoms. The van der Waals surface area contributed by atoms with Gasteiger partial charge < -0.3 is 20.8 Å². The van der Waals surface area contributed by atoms with E-state index in [0.717, 1.165) is 26.2 Å². The largest absolute Gasteiger partial charge is 0.480 e. The third-order valence-electron chi connectivity index (χ3n) is 2.39.